The van der Waals surface area contributed by atoms with Crippen LogP contribution >= 0.6 is 11.3 Å². The van der Waals surface area contributed by atoms with Gasteiger partial charge in [-0.3, -0.25) is 19.3 Å². The Morgan fingerprint density at radius 2 is 1.79 bits per heavy atom. The number of aromatic amines is 1. The molecule has 1 saturated heterocycles. The first kappa shape index (κ1) is 20.6. The topological polar surface area (TPSA) is 95.2 Å². The van der Waals surface area contributed by atoms with E-state index in [2.05, 4.69) is 10.3 Å². The van der Waals surface area contributed by atoms with Gasteiger partial charge in [0.15, 0.2) is 0 Å². The Kier molecular flexibility index (Phi) is 5.05. The number of para-hydroxylation sites is 2. The van der Waals surface area contributed by atoms with E-state index in [1.807, 2.05) is 24.3 Å². The minimum absolute atomic E-state index is 0.178. The molecule has 2 fully saturated rings. The van der Waals surface area contributed by atoms with Gasteiger partial charge in [-0.15, -0.1) is 11.3 Å². The van der Waals surface area contributed by atoms with Crippen LogP contribution in [0.1, 0.15) is 49.0 Å². The van der Waals surface area contributed by atoms with Gasteiger partial charge < -0.3 is 10.3 Å². The zero-order chi connectivity index (χ0) is 22.5. The van der Waals surface area contributed by atoms with Crippen LogP contribution in [-0.4, -0.2) is 39.1 Å². The van der Waals surface area contributed by atoms with Gasteiger partial charge in [-0.25, -0.2) is 4.98 Å². The van der Waals surface area contributed by atoms with Crippen LogP contribution in [0.5, 0.6) is 0 Å². The Balaban J connectivity index is 1.29. The van der Waals surface area contributed by atoms with Crippen molar-refractivity contribution in [2.75, 3.05) is 11.9 Å². The van der Waals surface area contributed by atoms with Crippen molar-refractivity contribution < 1.29 is 14.4 Å². The van der Waals surface area contributed by atoms with Crippen molar-refractivity contribution in [3.8, 4) is 11.4 Å². The first-order valence-corrected chi connectivity index (χ1v) is 12.7. The number of aryl methyl sites for hydroxylation is 1. The van der Waals surface area contributed by atoms with Gasteiger partial charge in [-0.1, -0.05) is 25.0 Å². The molecule has 2 unspecified atom stereocenters. The monoisotopic (exact) mass is 462 g/mol. The molecule has 3 aliphatic rings. The first-order chi connectivity index (χ1) is 16.1. The molecule has 8 heteroatoms. The van der Waals surface area contributed by atoms with E-state index in [9.17, 15) is 14.4 Å². The van der Waals surface area contributed by atoms with E-state index in [-0.39, 0.29) is 36.1 Å². The predicted molar refractivity (Wildman–Crippen MR) is 127 cm³/mol. The summed E-state index contributed by atoms with van der Waals surface area (Å²) in [6.45, 7) is -0.215. The van der Waals surface area contributed by atoms with Gasteiger partial charge in [0.05, 0.1) is 28.4 Å². The number of amides is 3. The van der Waals surface area contributed by atoms with Gasteiger partial charge in [-0.05, 0) is 56.2 Å². The normalized spacial score (nSPS) is 22.5. The predicted octanol–water partition coefficient (Wildman–Crippen LogP) is 4.28. The summed E-state index contributed by atoms with van der Waals surface area (Å²) in [6.07, 6.45) is 7.66. The van der Waals surface area contributed by atoms with Gasteiger partial charge in [-0.2, -0.15) is 0 Å². The molecule has 3 heterocycles. The van der Waals surface area contributed by atoms with Gasteiger partial charge in [0.1, 0.15) is 17.4 Å². The number of nitrogens with one attached hydrogen (secondary N) is 2. The molecule has 3 aromatic rings. The number of hydrogen-bond donors (Lipinski definition) is 2. The number of likely N-dealkylation sites (tertiary alicyclic amines) is 1. The van der Waals surface area contributed by atoms with Crippen LogP contribution in [0.25, 0.3) is 22.4 Å². The molecule has 2 aromatic heterocycles. The average Bonchev–Trinajstić information content (AvgIpc) is 3.48. The van der Waals surface area contributed by atoms with Crippen LogP contribution in [0.3, 0.4) is 0 Å². The Labute approximate surface area is 195 Å². The molecule has 2 aliphatic carbocycles. The second kappa shape index (κ2) is 8.09. The molecule has 1 aromatic carbocycles. The van der Waals surface area contributed by atoms with Crippen molar-refractivity contribution in [3.63, 3.8) is 0 Å². The number of aromatic nitrogens is 2. The molecule has 33 heavy (non-hydrogen) atoms. The van der Waals surface area contributed by atoms with Crippen LogP contribution < -0.4 is 5.32 Å². The number of benzene rings is 1. The summed E-state index contributed by atoms with van der Waals surface area (Å²) in [4.78, 5) is 49.3. The minimum Gasteiger partial charge on any atom is -0.338 e. The average molecular weight is 463 g/mol. The summed E-state index contributed by atoms with van der Waals surface area (Å²) in [5.41, 5.74) is 4.04. The molecule has 2 N–H and O–H groups in total. The van der Waals surface area contributed by atoms with E-state index in [1.54, 1.807) is 11.3 Å². The van der Waals surface area contributed by atoms with Crippen LogP contribution in [0.2, 0.25) is 0 Å². The maximum absolute atomic E-state index is 13.1. The van der Waals surface area contributed by atoms with Crippen LogP contribution in [0.15, 0.2) is 24.3 Å². The van der Waals surface area contributed by atoms with E-state index in [0.29, 0.717) is 0 Å². The van der Waals surface area contributed by atoms with Crippen LogP contribution in [0, 0.1) is 11.8 Å². The molecule has 6 rings (SSSR count). The highest BCUT2D eigenvalue weighted by atomic mass is 32.1. The van der Waals surface area contributed by atoms with E-state index >= 15 is 0 Å². The maximum atomic E-state index is 13.1. The highest BCUT2D eigenvalue weighted by Crippen LogP contribution is 2.44. The standard InChI is InChI=1S/C25H26N4O3S/c30-20(13-29-24(31)14-7-1-2-8-15(14)25(29)32)28-23-21(16-9-3-6-12-19(16)33-23)22-26-17-10-4-5-11-18(17)27-22/h4-5,10-11,14-15H,1-3,6-9,12-13H2,(H,26,27)(H,28,30). The van der Waals surface area contributed by atoms with Crippen molar-refractivity contribution >= 4 is 45.1 Å². The fourth-order valence-corrected chi connectivity index (χ4v) is 6.98. The zero-order valence-electron chi connectivity index (χ0n) is 18.4. The van der Waals surface area contributed by atoms with E-state index in [0.717, 1.165) is 78.8 Å². The zero-order valence-corrected chi connectivity index (χ0v) is 19.2. The van der Waals surface area contributed by atoms with Gasteiger partial charge in [0.25, 0.3) is 0 Å². The fraction of sp³-hybridized carbons (Fsp3) is 0.440. The highest BCUT2D eigenvalue weighted by molar-refractivity contribution is 7.17. The Morgan fingerprint density at radius 1 is 1.06 bits per heavy atom. The highest BCUT2D eigenvalue weighted by Gasteiger charge is 2.48. The smallest absolute Gasteiger partial charge is 0.245 e. The molecule has 0 radical (unpaired) electrons. The summed E-state index contributed by atoms with van der Waals surface area (Å²) >= 11 is 1.59. The molecule has 2 atom stereocenters. The minimum atomic E-state index is -0.327. The number of nitrogens with zero attached hydrogens (tertiary/aromatic N) is 2. The molecular formula is C25H26N4O3S. The molecule has 0 bridgehead atoms. The molecule has 3 amide bonds. The van der Waals surface area contributed by atoms with E-state index in [4.69, 9.17) is 4.98 Å². The van der Waals surface area contributed by atoms with Crippen molar-refractivity contribution in [1.82, 2.24) is 14.9 Å². The van der Waals surface area contributed by atoms with E-state index < -0.39 is 0 Å². The fourth-order valence-electron chi connectivity index (χ4n) is 5.67. The van der Waals surface area contributed by atoms with Gasteiger partial charge >= 0.3 is 0 Å². The molecule has 170 valence electrons. The lowest BCUT2D eigenvalue weighted by Crippen LogP contribution is -2.38. The summed E-state index contributed by atoms with van der Waals surface area (Å²) in [6, 6.07) is 7.89. The number of carbonyl (C=O) groups is 3. The van der Waals surface area contributed by atoms with Gasteiger partial charge in [0.2, 0.25) is 17.7 Å². The first-order valence-electron chi connectivity index (χ1n) is 11.8. The van der Waals surface area contributed by atoms with Crippen molar-refractivity contribution in [2.45, 2.75) is 51.4 Å². The largest absolute Gasteiger partial charge is 0.338 e. The Morgan fingerprint density at radius 3 is 2.55 bits per heavy atom. The summed E-state index contributed by atoms with van der Waals surface area (Å²) in [7, 11) is 0. The Hall–Kier alpha value is -3.00. The molecule has 1 saturated carbocycles. The number of imidazole rings is 1. The number of carbonyl (C=O) groups excluding carboxylic acids is 3. The third-order valence-electron chi connectivity index (χ3n) is 7.28. The number of H-pyrrole nitrogens is 1. The third-order valence-corrected chi connectivity index (χ3v) is 8.49. The van der Waals surface area contributed by atoms with E-state index in [1.165, 1.54) is 15.3 Å². The second-order valence-electron chi connectivity index (χ2n) is 9.33. The molecular weight excluding hydrogens is 436 g/mol. The summed E-state index contributed by atoms with van der Waals surface area (Å²) in [5, 5.41) is 3.79. The number of hydrogen-bond acceptors (Lipinski definition) is 5. The second-order valence-corrected chi connectivity index (χ2v) is 10.4. The van der Waals surface area contributed by atoms with Crippen LogP contribution in [-0.2, 0) is 27.2 Å². The molecule has 0 spiro atoms. The van der Waals surface area contributed by atoms with Crippen molar-refractivity contribution in [1.29, 1.82) is 0 Å². The lowest BCUT2D eigenvalue weighted by molar-refractivity contribution is -0.142. The quantitative estimate of drug-likeness (QED) is 0.566. The number of anilines is 1. The van der Waals surface area contributed by atoms with Crippen molar-refractivity contribution in [3.05, 3.63) is 34.7 Å². The number of fused-ring (bicyclic) bond motifs is 3. The third kappa shape index (κ3) is 3.47. The SMILES string of the molecule is O=C(CN1C(=O)C2CCCCC2C1=O)Nc1sc2c(c1-c1nc3ccccc3[nH]1)CCCC2. The lowest BCUT2D eigenvalue weighted by Gasteiger charge is -2.19. The number of rotatable bonds is 4. The Bertz CT molecular complexity index is 1220. The lowest BCUT2D eigenvalue weighted by atomic mass is 9.81. The van der Waals surface area contributed by atoms with Crippen molar-refractivity contribution in [2.24, 2.45) is 11.8 Å². The molecule has 7 nitrogen and oxygen atoms in total. The van der Waals surface area contributed by atoms with Gasteiger partial charge in [0, 0.05) is 4.88 Å². The number of thiophene rings is 1. The molecule has 1 aliphatic heterocycles. The number of imide groups is 1. The maximum Gasteiger partial charge on any atom is 0.245 e. The van der Waals surface area contributed by atoms with Crippen LogP contribution in [0.4, 0.5) is 5.00 Å². The summed E-state index contributed by atoms with van der Waals surface area (Å²) < 4.78 is 0. The summed E-state index contributed by atoms with van der Waals surface area (Å²) in [5.74, 6) is -0.402.